The van der Waals surface area contributed by atoms with Gasteiger partial charge in [-0.3, -0.25) is 4.79 Å². The molecule has 0 aromatic heterocycles. The minimum absolute atomic E-state index is 0.0769. The van der Waals surface area contributed by atoms with Gasteiger partial charge in [0.15, 0.2) is 5.78 Å². The zero-order valence-corrected chi connectivity index (χ0v) is 12.0. The molecule has 0 aliphatic rings. The van der Waals surface area contributed by atoms with E-state index in [2.05, 4.69) is 17.2 Å². The first-order valence-corrected chi connectivity index (χ1v) is 6.85. The summed E-state index contributed by atoms with van der Waals surface area (Å²) < 4.78 is 0. The minimum Gasteiger partial charge on any atom is -0.398 e. The molecule has 2 aromatic rings. The molecular weight excluding hydrogens is 260 g/mol. The van der Waals surface area contributed by atoms with Crippen molar-refractivity contribution in [1.29, 1.82) is 0 Å². The van der Waals surface area contributed by atoms with Gasteiger partial charge < -0.3 is 11.1 Å². The summed E-state index contributed by atoms with van der Waals surface area (Å²) in [4.78, 5) is 12.5. The third-order valence-electron chi connectivity index (χ3n) is 3.07. The summed E-state index contributed by atoms with van der Waals surface area (Å²) in [5.74, 6) is 6.04. The molecule has 2 aromatic carbocycles. The van der Waals surface area contributed by atoms with E-state index in [4.69, 9.17) is 5.73 Å². The molecule has 0 saturated carbocycles. The lowest BCUT2D eigenvalue weighted by Crippen LogP contribution is -2.06. The molecule has 0 amide bonds. The Labute approximate surface area is 125 Å². The summed E-state index contributed by atoms with van der Waals surface area (Å²) in [6.45, 7) is 0.845. The van der Waals surface area contributed by atoms with E-state index in [0.717, 1.165) is 18.5 Å². The highest BCUT2D eigenvalue weighted by atomic mass is 16.1. The van der Waals surface area contributed by atoms with E-state index in [-0.39, 0.29) is 5.78 Å². The molecule has 0 fully saturated rings. The Balaban J connectivity index is 2.27. The lowest BCUT2D eigenvalue weighted by molar-refractivity contribution is 0.103. The molecule has 0 bridgehead atoms. The maximum Gasteiger partial charge on any atom is 0.195 e. The van der Waals surface area contributed by atoms with Crippen molar-refractivity contribution < 1.29 is 4.79 Å². The Morgan fingerprint density at radius 2 is 1.95 bits per heavy atom. The molecule has 0 heterocycles. The minimum atomic E-state index is -0.0769. The Bertz CT molecular complexity index is 681. The molecule has 3 heteroatoms. The number of carbonyl (C=O) groups excluding carboxylic acids is 1. The second kappa shape index (κ2) is 7.28. The number of hydrogen-bond donors (Lipinski definition) is 2. The molecule has 3 N–H and O–H groups in total. The Kier molecular flexibility index (Phi) is 5.14. The highest BCUT2D eigenvalue weighted by Gasteiger charge is 2.12. The van der Waals surface area contributed by atoms with Crippen molar-refractivity contribution in [2.45, 2.75) is 6.42 Å². The fourth-order valence-electron chi connectivity index (χ4n) is 1.93. The summed E-state index contributed by atoms with van der Waals surface area (Å²) >= 11 is 0. The molecule has 0 unspecified atom stereocenters. The van der Waals surface area contributed by atoms with Crippen molar-refractivity contribution in [3.8, 4) is 11.8 Å². The predicted molar refractivity (Wildman–Crippen MR) is 86.2 cm³/mol. The number of rotatable bonds is 4. The van der Waals surface area contributed by atoms with Crippen molar-refractivity contribution in [3.63, 3.8) is 0 Å². The van der Waals surface area contributed by atoms with Crippen LogP contribution in [0.5, 0.6) is 0 Å². The van der Waals surface area contributed by atoms with Crippen LogP contribution < -0.4 is 11.1 Å². The Morgan fingerprint density at radius 3 is 2.67 bits per heavy atom. The van der Waals surface area contributed by atoms with E-state index >= 15 is 0 Å². The number of nitrogens with two attached hydrogens (primary N) is 1. The van der Waals surface area contributed by atoms with Crippen LogP contribution in [0.25, 0.3) is 0 Å². The quantitative estimate of drug-likeness (QED) is 0.391. The maximum atomic E-state index is 12.5. The smallest absolute Gasteiger partial charge is 0.195 e. The monoisotopic (exact) mass is 278 g/mol. The van der Waals surface area contributed by atoms with Crippen LogP contribution in [-0.4, -0.2) is 19.4 Å². The van der Waals surface area contributed by atoms with Crippen molar-refractivity contribution >= 4 is 11.5 Å². The predicted octanol–water partition coefficient (Wildman–Crippen LogP) is 2.46. The fourth-order valence-corrected chi connectivity index (χ4v) is 1.93. The topological polar surface area (TPSA) is 55.1 Å². The van der Waals surface area contributed by atoms with Crippen LogP contribution >= 0.6 is 0 Å². The Morgan fingerprint density at radius 1 is 1.19 bits per heavy atom. The van der Waals surface area contributed by atoms with Gasteiger partial charge in [-0.1, -0.05) is 42.2 Å². The van der Waals surface area contributed by atoms with Gasteiger partial charge in [0.1, 0.15) is 0 Å². The van der Waals surface area contributed by atoms with E-state index in [1.165, 1.54) is 0 Å². The molecule has 0 aliphatic carbocycles. The third-order valence-corrected chi connectivity index (χ3v) is 3.07. The standard InChI is InChI=1S/C18H18N2O/c1-20-12-6-5-7-14-10-11-17(19)16(13-14)18(21)15-8-3-2-4-9-15/h2-4,8-11,13,20H,6,12,19H2,1H3. The van der Waals surface area contributed by atoms with Crippen LogP contribution in [0.15, 0.2) is 48.5 Å². The maximum absolute atomic E-state index is 12.5. The van der Waals surface area contributed by atoms with Crippen molar-refractivity contribution in [1.82, 2.24) is 5.32 Å². The van der Waals surface area contributed by atoms with Gasteiger partial charge in [-0.25, -0.2) is 0 Å². The molecule has 3 nitrogen and oxygen atoms in total. The molecule has 106 valence electrons. The van der Waals surface area contributed by atoms with Crippen LogP contribution in [0.1, 0.15) is 27.9 Å². The normalized spacial score (nSPS) is 9.76. The number of nitrogens with one attached hydrogen (secondary N) is 1. The zero-order valence-electron chi connectivity index (χ0n) is 12.0. The van der Waals surface area contributed by atoms with E-state index in [9.17, 15) is 4.79 Å². The van der Waals surface area contributed by atoms with Gasteiger partial charge in [-0.2, -0.15) is 0 Å². The number of nitrogen functional groups attached to an aromatic ring is 1. The largest absolute Gasteiger partial charge is 0.398 e. The number of hydrogen-bond acceptors (Lipinski definition) is 3. The molecule has 0 spiro atoms. The summed E-state index contributed by atoms with van der Waals surface area (Å²) in [6.07, 6.45) is 0.767. The molecule has 0 aliphatic heterocycles. The summed E-state index contributed by atoms with van der Waals surface area (Å²) in [6, 6.07) is 14.5. The molecular formula is C18H18N2O. The average Bonchev–Trinajstić information content (AvgIpc) is 2.53. The second-order valence-electron chi connectivity index (χ2n) is 4.65. The van der Waals surface area contributed by atoms with Gasteiger partial charge in [0.25, 0.3) is 0 Å². The van der Waals surface area contributed by atoms with Crippen LogP contribution in [0.4, 0.5) is 5.69 Å². The lowest BCUT2D eigenvalue weighted by Gasteiger charge is -2.05. The van der Waals surface area contributed by atoms with Crippen LogP contribution in [-0.2, 0) is 0 Å². The number of carbonyl (C=O) groups is 1. The van der Waals surface area contributed by atoms with Crippen molar-refractivity contribution in [3.05, 3.63) is 65.2 Å². The van der Waals surface area contributed by atoms with Gasteiger partial charge in [-0.15, -0.1) is 0 Å². The van der Waals surface area contributed by atoms with Crippen LogP contribution in [0, 0.1) is 11.8 Å². The zero-order chi connectivity index (χ0) is 15.1. The van der Waals surface area contributed by atoms with Gasteiger partial charge in [-0.05, 0) is 25.2 Å². The molecule has 0 atom stereocenters. The van der Waals surface area contributed by atoms with Gasteiger partial charge in [0.2, 0.25) is 0 Å². The average molecular weight is 278 g/mol. The molecule has 2 rings (SSSR count). The van der Waals surface area contributed by atoms with Gasteiger partial charge in [0, 0.05) is 35.3 Å². The van der Waals surface area contributed by atoms with E-state index in [1.807, 2.05) is 31.3 Å². The van der Waals surface area contributed by atoms with Gasteiger partial charge >= 0.3 is 0 Å². The SMILES string of the molecule is CNCCC#Cc1ccc(N)c(C(=O)c2ccccc2)c1. The molecule has 0 radical (unpaired) electrons. The van der Waals surface area contributed by atoms with Crippen molar-refractivity contribution in [2.75, 3.05) is 19.3 Å². The summed E-state index contributed by atoms with van der Waals surface area (Å²) in [5.41, 5.74) is 8.34. The second-order valence-corrected chi connectivity index (χ2v) is 4.65. The first kappa shape index (κ1) is 14.8. The van der Waals surface area contributed by atoms with Crippen LogP contribution in [0.2, 0.25) is 0 Å². The lowest BCUT2D eigenvalue weighted by atomic mass is 10.00. The molecule has 0 saturated heterocycles. The van der Waals surface area contributed by atoms with E-state index in [0.29, 0.717) is 16.8 Å². The highest BCUT2D eigenvalue weighted by molar-refractivity contribution is 6.12. The number of anilines is 1. The highest BCUT2D eigenvalue weighted by Crippen LogP contribution is 2.18. The summed E-state index contributed by atoms with van der Waals surface area (Å²) in [5, 5.41) is 3.04. The fraction of sp³-hybridized carbons (Fsp3) is 0.167. The molecule has 21 heavy (non-hydrogen) atoms. The van der Waals surface area contributed by atoms with Crippen LogP contribution in [0.3, 0.4) is 0 Å². The van der Waals surface area contributed by atoms with E-state index < -0.39 is 0 Å². The summed E-state index contributed by atoms with van der Waals surface area (Å²) in [7, 11) is 1.89. The van der Waals surface area contributed by atoms with Crippen molar-refractivity contribution in [2.24, 2.45) is 0 Å². The number of ketones is 1. The Hall–Kier alpha value is -2.57. The van der Waals surface area contributed by atoms with E-state index in [1.54, 1.807) is 24.3 Å². The first-order chi connectivity index (χ1) is 10.2. The van der Waals surface area contributed by atoms with Gasteiger partial charge in [0.05, 0.1) is 0 Å². The third kappa shape index (κ3) is 3.95. The number of benzene rings is 2. The first-order valence-electron chi connectivity index (χ1n) is 6.85.